The number of amides is 2. The minimum absolute atomic E-state index is 0.0309. The molecule has 34 heavy (non-hydrogen) atoms. The molecular weight excluding hydrogens is 504 g/mol. The Morgan fingerprint density at radius 3 is 2.15 bits per heavy atom. The van der Waals surface area contributed by atoms with Gasteiger partial charge in [0.2, 0.25) is 21.8 Å². The monoisotopic (exact) mass is 531 g/mol. The normalized spacial score (nSPS) is 12.7. The van der Waals surface area contributed by atoms with Crippen LogP contribution in [0, 0.1) is 5.82 Å². The van der Waals surface area contributed by atoms with Crippen molar-refractivity contribution in [3.63, 3.8) is 0 Å². The summed E-state index contributed by atoms with van der Waals surface area (Å²) in [6.45, 7) is 6.35. The van der Waals surface area contributed by atoms with Crippen LogP contribution in [0.3, 0.4) is 0 Å². The second-order valence-electron chi connectivity index (χ2n) is 8.93. The summed E-state index contributed by atoms with van der Waals surface area (Å²) in [5.41, 5.74) is 0.179. The van der Waals surface area contributed by atoms with Gasteiger partial charge in [-0.3, -0.25) is 13.9 Å². The van der Waals surface area contributed by atoms with E-state index in [1.807, 2.05) is 0 Å². The zero-order chi connectivity index (χ0) is 25.8. The van der Waals surface area contributed by atoms with Crippen molar-refractivity contribution in [3.05, 3.63) is 63.9 Å². The lowest BCUT2D eigenvalue weighted by Gasteiger charge is -2.33. The molecule has 0 saturated heterocycles. The third-order valence-corrected chi connectivity index (χ3v) is 6.68. The Balaban J connectivity index is 2.41. The Hall–Kier alpha value is -2.36. The van der Waals surface area contributed by atoms with Crippen molar-refractivity contribution in [1.29, 1.82) is 0 Å². The topological polar surface area (TPSA) is 86.8 Å². The molecule has 0 heterocycles. The first-order chi connectivity index (χ1) is 15.6. The smallest absolute Gasteiger partial charge is 0.244 e. The Bertz CT molecular complexity index is 1150. The van der Waals surface area contributed by atoms with Crippen LogP contribution in [0.5, 0.6) is 0 Å². The maximum atomic E-state index is 13.4. The number of nitrogens with one attached hydrogen (secondary N) is 1. The largest absolute Gasteiger partial charge is 0.350 e. The van der Waals surface area contributed by atoms with Crippen LogP contribution >= 0.6 is 23.2 Å². The molecule has 0 aliphatic carbocycles. The summed E-state index contributed by atoms with van der Waals surface area (Å²) in [5.74, 6) is -1.48. The van der Waals surface area contributed by atoms with E-state index in [0.717, 1.165) is 10.6 Å². The van der Waals surface area contributed by atoms with Crippen molar-refractivity contribution < 1.29 is 22.4 Å². The van der Waals surface area contributed by atoms with E-state index in [2.05, 4.69) is 5.32 Å². The van der Waals surface area contributed by atoms with Gasteiger partial charge in [0.15, 0.2) is 0 Å². The minimum Gasteiger partial charge on any atom is -0.350 e. The summed E-state index contributed by atoms with van der Waals surface area (Å²) in [6.07, 6.45) is 0.961. The molecule has 11 heteroatoms. The van der Waals surface area contributed by atoms with Crippen molar-refractivity contribution >= 4 is 50.7 Å². The van der Waals surface area contributed by atoms with E-state index in [0.29, 0.717) is 5.56 Å². The molecule has 2 aromatic carbocycles. The number of carbonyl (C=O) groups is 2. The van der Waals surface area contributed by atoms with Crippen LogP contribution in [0.1, 0.15) is 33.3 Å². The van der Waals surface area contributed by atoms with Crippen LogP contribution in [-0.4, -0.2) is 49.5 Å². The van der Waals surface area contributed by atoms with Crippen LogP contribution < -0.4 is 9.62 Å². The maximum Gasteiger partial charge on any atom is 0.244 e. The van der Waals surface area contributed by atoms with Gasteiger partial charge in [-0.2, -0.15) is 0 Å². The van der Waals surface area contributed by atoms with Gasteiger partial charge in [-0.25, -0.2) is 12.8 Å². The Morgan fingerprint density at radius 2 is 1.65 bits per heavy atom. The molecule has 0 radical (unpaired) electrons. The highest BCUT2D eigenvalue weighted by molar-refractivity contribution is 7.92. The van der Waals surface area contributed by atoms with Crippen molar-refractivity contribution in [2.45, 2.75) is 45.8 Å². The fourth-order valence-electron chi connectivity index (χ4n) is 3.10. The van der Waals surface area contributed by atoms with Crippen LogP contribution in [0.4, 0.5) is 10.1 Å². The predicted molar refractivity (Wildman–Crippen MR) is 133 cm³/mol. The van der Waals surface area contributed by atoms with Crippen LogP contribution in [0.15, 0.2) is 42.5 Å². The Labute approximate surface area is 209 Å². The van der Waals surface area contributed by atoms with Crippen molar-refractivity contribution in [2.75, 3.05) is 17.1 Å². The van der Waals surface area contributed by atoms with E-state index in [4.69, 9.17) is 23.2 Å². The van der Waals surface area contributed by atoms with E-state index < -0.39 is 45.8 Å². The molecule has 0 unspecified atom stereocenters. The van der Waals surface area contributed by atoms with Crippen molar-refractivity contribution in [2.24, 2.45) is 0 Å². The highest BCUT2D eigenvalue weighted by atomic mass is 35.5. The SMILES string of the molecule is C[C@H](C(=O)NC(C)(C)C)N(Cc1ccc(F)cc1)C(=O)CN(c1ccc(Cl)c(Cl)c1)S(C)(=O)=O. The van der Waals surface area contributed by atoms with Gasteiger partial charge in [0, 0.05) is 12.1 Å². The van der Waals surface area contributed by atoms with E-state index in [-0.39, 0.29) is 22.3 Å². The predicted octanol–water partition coefficient (Wildman–Crippen LogP) is 4.23. The first-order valence-corrected chi connectivity index (χ1v) is 13.0. The van der Waals surface area contributed by atoms with Gasteiger partial charge in [-0.15, -0.1) is 0 Å². The molecule has 0 bridgehead atoms. The zero-order valence-corrected chi connectivity index (χ0v) is 21.9. The third-order valence-electron chi connectivity index (χ3n) is 4.80. The molecule has 0 saturated carbocycles. The van der Waals surface area contributed by atoms with Crippen LogP contribution in [0.25, 0.3) is 0 Å². The molecule has 2 rings (SSSR count). The average molecular weight is 532 g/mol. The van der Waals surface area contributed by atoms with E-state index in [1.54, 1.807) is 27.7 Å². The van der Waals surface area contributed by atoms with E-state index in [1.165, 1.54) is 47.4 Å². The summed E-state index contributed by atoms with van der Waals surface area (Å²) < 4.78 is 39.3. The molecule has 0 aliphatic heterocycles. The maximum absolute atomic E-state index is 13.4. The Kier molecular flexibility index (Phi) is 8.96. The van der Waals surface area contributed by atoms with Gasteiger partial charge < -0.3 is 10.2 Å². The van der Waals surface area contributed by atoms with Crippen LogP contribution in [-0.2, 0) is 26.2 Å². The zero-order valence-electron chi connectivity index (χ0n) is 19.6. The summed E-state index contributed by atoms with van der Waals surface area (Å²) in [7, 11) is -3.90. The summed E-state index contributed by atoms with van der Waals surface area (Å²) >= 11 is 12.0. The number of nitrogens with zero attached hydrogens (tertiary/aromatic N) is 2. The Morgan fingerprint density at radius 1 is 1.06 bits per heavy atom. The van der Waals surface area contributed by atoms with Crippen molar-refractivity contribution in [3.8, 4) is 0 Å². The van der Waals surface area contributed by atoms with Gasteiger partial charge in [0.05, 0.1) is 22.0 Å². The lowest BCUT2D eigenvalue weighted by molar-refractivity contribution is -0.140. The standard InChI is InChI=1S/C23H28Cl2FN3O4S/c1-15(22(31)27-23(2,3)4)28(13-16-6-8-17(26)9-7-16)21(30)14-29(34(5,32)33)18-10-11-19(24)20(25)12-18/h6-12,15H,13-14H2,1-5H3,(H,27,31)/t15-/m1/s1. The lowest BCUT2D eigenvalue weighted by Crippen LogP contribution is -2.54. The van der Waals surface area contributed by atoms with Gasteiger partial charge in [-0.1, -0.05) is 35.3 Å². The molecule has 186 valence electrons. The average Bonchev–Trinajstić information content (AvgIpc) is 2.71. The molecular formula is C23H28Cl2FN3O4S. The molecule has 0 aromatic heterocycles. The molecule has 0 aliphatic rings. The third kappa shape index (κ3) is 7.85. The highest BCUT2D eigenvalue weighted by Gasteiger charge is 2.31. The van der Waals surface area contributed by atoms with E-state index in [9.17, 15) is 22.4 Å². The lowest BCUT2D eigenvalue weighted by atomic mass is 10.1. The first-order valence-electron chi connectivity index (χ1n) is 10.4. The summed E-state index contributed by atoms with van der Waals surface area (Å²) in [6, 6.07) is 8.76. The molecule has 7 nitrogen and oxygen atoms in total. The number of rotatable bonds is 8. The quantitative estimate of drug-likeness (QED) is 0.552. The van der Waals surface area contributed by atoms with Gasteiger partial charge >= 0.3 is 0 Å². The fourth-order valence-corrected chi connectivity index (χ4v) is 4.23. The van der Waals surface area contributed by atoms with Gasteiger partial charge in [0.25, 0.3) is 0 Å². The highest BCUT2D eigenvalue weighted by Crippen LogP contribution is 2.28. The van der Waals surface area contributed by atoms with Gasteiger partial charge in [0.1, 0.15) is 18.4 Å². The number of sulfonamides is 1. The minimum atomic E-state index is -3.90. The molecule has 1 N–H and O–H groups in total. The number of hydrogen-bond acceptors (Lipinski definition) is 4. The number of carbonyl (C=O) groups excluding carboxylic acids is 2. The summed E-state index contributed by atoms with van der Waals surface area (Å²) in [4.78, 5) is 27.5. The van der Waals surface area contributed by atoms with Gasteiger partial charge in [-0.05, 0) is 63.6 Å². The number of benzene rings is 2. The van der Waals surface area contributed by atoms with E-state index >= 15 is 0 Å². The second kappa shape index (κ2) is 10.9. The molecule has 0 spiro atoms. The first kappa shape index (κ1) is 27.9. The van der Waals surface area contributed by atoms with Crippen LogP contribution in [0.2, 0.25) is 10.0 Å². The number of anilines is 1. The number of hydrogen-bond donors (Lipinski definition) is 1. The van der Waals surface area contributed by atoms with Crippen molar-refractivity contribution in [1.82, 2.24) is 10.2 Å². The summed E-state index contributed by atoms with van der Waals surface area (Å²) in [5, 5.41) is 3.18. The fraction of sp³-hybridized carbons (Fsp3) is 0.391. The molecule has 2 amide bonds. The second-order valence-corrected chi connectivity index (χ2v) is 11.7. The molecule has 0 fully saturated rings. The molecule has 1 atom stereocenters. The number of halogens is 3. The molecule has 2 aromatic rings.